The number of nitrogen functional groups attached to an aromatic ring is 1. The van der Waals surface area contributed by atoms with Crippen molar-refractivity contribution >= 4 is 27.8 Å². The van der Waals surface area contributed by atoms with Gasteiger partial charge < -0.3 is 5.73 Å². The fraction of sp³-hybridized carbons (Fsp3) is 0.214. The summed E-state index contributed by atoms with van der Waals surface area (Å²) < 4.78 is 0. The summed E-state index contributed by atoms with van der Waals surface area (Å²) >= 11 is 0. The van der Waals surface area contributed by atoms with Crippen LogP contribution in [0.15, 0.2) is 18.2 Å². The van der Waals surface area contributed by atoms with E-state index >= 15 is 0 Å². The van der Waals surface area contributed by atoms with Crippen molar-refractivity contribution in [2.24, 2.45) is 0 Å². The second-order valence-electron chi connectivity index (χ2n) is 4.61. The smallest absolute Gasteiger partial charge is 0.165 e. The zero-order valence-electron chi connectivity index (χ0n) is 10.7. The number of nitrogens with zero attached hydrogens (tertiary/aromatic N) is 3. The number of aromatic nitrogens is 3. The molecule has 2 heterocycles. The van der Waals surface area contributed by atoms with Crippen molar-refractivity contribution in [3.8, 4) is 0 Å². The van der Waals surface area contributed by atoms with Gasteiger partial charge in [-0.15, -0.1) is 0 Å². The van der Waals surface area contributed by atoms with Gasteiger partial charge in [0.1, 0.15) is 11.6 Å². The molecule has 0 saturated carbocycles. The number of pyridine rings is 1. The molecule has 0 atom stereocenters. The zero-order chi connectivity index (χ0) is 12.9. The lowest BCUT2D eigenvalue weighted by Gasteiger charge is -2.08. The van der Waals surface area contributed by atoms with Gasteiger partial charge in [0.25, 0.3) is 0 Å². The lowest BCUT2D eigenvalue weighted by atomic mass is 10.0. The molecule has 0 aliphatic rings. The van der Waals surface area contributed by atoms with Crippen molar-refractivity contribution in [1.82, 2.24) is 15.0 Å². The van der Waals surface area contributed by atoms with Crippen molar-refractivity contribution in [2.75, 3.05) is 5.73 Å². The van der Waals surface area contributed by atoms with Gasteiger partial charge in [0.15, 0.2) is 5.65 Å². The summed E-state index contributed by atoms with van der Waals surface area (Å²) in [6.45, 7) is 5.95. The Kier molecular flexibility index (Phi) is 2.20. The van der Waals surface area contributed by atoms with Gasteiger partial charge in [-0.25, -0.2) is 15.0 Å². The van der Waals surface area contributed by atoms with E-state index in [-0.39, 0.29) is 0 Å². The van der Waals surface area contributed by atoms with E-state index in [9.17, 15) is 0 Å². The topological polar surface area (TPSA) is 64.7 Å². The average molecular weight is 238 g/mol. The number of hydrogen-bond acceptors (Lipinski definition) is 4. The number of anilines is 1. The van der Waals surface area contributed by atoms with E-state index in [4.69, 9.17) is 5.73 Å². The van der Waals surface area contributed by atoms with Crippen LogP contribution in [0.25, 0.3) is 21.9 Å². The Morgan fingerprint density at radius 3 is 2.39 bits per heavy atom. The molecule has 0 spiro atoms. The minimum Gasteiger partial charge on any atom is -0.383 e. The first-order valence-electron chi connectivity index (χ1n) is 5.87. The largest absolute Gasteiger partial charge is 0.383 e. The molecule has 0 fully saturated rings. The summed E-state index contributed by atoms with van der Waals surface area (Å²) in [4.78, 5) is 13.2. The second kappa shape index (κ2) is 3.63. The maximum absolute atomic E-state index is 5.95. The van der Waals surface area contributed by atoms with Crippen LogP contribution in [0.1, 0.15) is 17.0 Å². The van der Waals surface area contributed by atoms with Crippen LogP contribution in [0, 0.1) is 20.8 Å². The van der Waals surface area contributed by atoms with Crippen LogP contribution in [0.4, 0.5) is 5.82 Å². The standard InChI is InChI=1S/C14H14N4/c1-7-4-5-8(2)12-10(7)6-11-13(15)16-9(3)17-14(11)18-12/h4-6H,1-3H3,(H2,15,16,17,18). The third-order valence-corrected chi connectivity index (χ3v) is 3.21. The van der Waals surface area contributed by atoms with E-state index < -0.39 is 0 Å². The molecule has 3 aromatic rings. The highest BCUT2D eigenvalue weighted by molar-refractivity contribution is 5.98. The second-order valence-corrected chi connectivity index (χ2v) is 4.61. The molecule has 18 heavy (non-hydrogen) atoms. The van der Waals surface area contributed by atoms with Crippen LogP contribution in [-0.4, -0.2) is 15.0 Å². The number of benzene rings is 1. The fourth-order valence-electron chi connectivity index (χ4n) is 2.21. The Hall–Kier alpha value is -2.23. The van der Waals surface area contributed by atoms with Crippen molar-refractivity contribution in [3.63, 3.8) is 0 Å². The molecule has 3 rings (SSSR count). The van der Waals surface area contributed by atoms with Gasteiger partial charge in [0.05, 0.1) is 10.9 Å². The number of hydrogen-bond donors (Lipinski definition) is 1. The van der Waals surface area contributed by atoms with Crippen LogP contribution < -0.4 is 5.73 Å². The molecule has 0 aliphatic heterocycles. The predicted octanol–water partition coefficient (Wildman–Crippen LogP) is 2.69. The van der Waals surface area contributed by atoms with E-state index in [1.807, 2.05) is 13.0 Å². The van der Waals surface area contributed by atoms with E-state index in [0.29, 0.717) is 17.3 Å². The van der Waals surface area contributed by atoms with Crippen molar-refractivity contribution in [2.45, 2.75) is 20.8 Å². The molecule has 2 N–H and O–H groups in total. The molecule has 0 saturated heterocycles. The molecular weight excluding hydrogens is 224 g/mol. The minimum atomic E-state index is 0.493. The van der Waals surface area contributed by atoms with Crippen LogP contribution >= 0.6 is 0 Å². The Morgan fingerprint density at radius 2 is 1.61 bits per heavy atom. The van der Waals surface area contributed by atoms with Gasteiger partial charge in [-0.2, -0.15) is 0 Å². The van der Waals surface area contributed by atoms with Gasteiger partial charge in [-0.05, 0) is 38.0 Å². The molecule has 90 valence electrons. The Morgan fingerprint density at radius 1 is 0.889 bits per heavy atom. The van der Waals surface area contributed by atoms with E-state index in [2.05, 4.69) is 40.9 Å². The molecule has 4 nitrogen and oxygen atoms in total. The normalized spacial score (nSPS) is 11.3. The van der Waals surface area contributed by atoms with Crippen molar-refractivity contribution < 1.29 is 0 Å². The highest BCUT2D eigenvalue weighted by Crippen LogP contribution is 2.26. The molecular formula is C14H14N4. The van der Waals surface area contributed by atoms with Crippen LogP contribution in [0.5, 0.6) is 0 Å². The van der Waals surface area contributed by atoms with Crippen LogP contribution in [0.3, 0.4) is 0 Å². The summed E-state index contributed by atoms with van der Waals surface area (Å²) in [5, 5.41) is 1.93. The molecule has 0 amide bonds. The lowest BCUT2D eigenvalue weighted by Crippen LogP contribution is -1.99. The maximum Gasteiger partial charge on any atom is 0.165 e. The average Bonchev–Trinajstić information content (AvgIpc) is 2.32. The number of nitrogens with two attached hydrogens (primary N) is 1. The molecule has 4 heteroatoms. The molecule has 0 unspecified atom stereocenters. The van der Waals surface area contributed by atoms with Gasteiger partial charge >= 0.3 is 0 Å². The predicted molar refractivity (Wildman–Crippen MR) is 73.5 cm³/mol. The summed E-state index contributed by atoms with van der Waals surface area (Å²) in [7, 11) is 0. The summed E-state index contributed by atoms with van der Waals surface area (Å²) in [6, 6.07) is 6.21. The third-order valence-electron chi connectivity index (χ3n) is 3.21. The Labute approximate surface area is 105 Å². The van der Waals surface area contributed by atoms with Crippen LogP contribution in [0.2, 0.25) is 0 Å². The molecule has 0 aliphatic carbocycles. The zero-order valence-corrected chi connectivity index (χ0v) is 10.7. The van der Waals surface area contributed by atoms with Crippen molar-refractivity contribution in [1.29, 1.82) is 0 Å². The SMILES string of the molecule is Cc1nc(N)c2cc3c(C)ccc(C)c3nc2n1. The van der Waals surface area contributed by atoms with Gasteiger partial charge in [0.2, 0.25) is 0 Å². The van der Waals surface area contributed by atoms with Gasteiger partial charge in [-0.1, -0.05) is 12.1 Å². The first-order valence-corrected chi connectivity index (χ1v) is 5.87. The fourth-order valence-corrected chi connectivity index (χ4v) is 2.21. The quantitative estimate of drug-likeness (QED) is 0.611. The summed E-state index contributed by atoms with van der Waals surface area (Å²) in [5.41, 5.74) is 9.93. The highest BCUT2D eigenvalue weighted by Gasteiger charge is 2.09. The van der Waals surface area contributed by atoms with E-state index in [1.54, 1.807) is 0 Å². The van der Waals surface area contributed by atoms with Crippen molar-refractivity contribution in [3.05, 3.63) is 35.2 Å². The Bertz CT molecular complexity index is 778. The molecule has 2 aromatic heterocycles. The number of fused-ring (bicyclic) bond motifs is 2. The van der Waals surface area contributed by atoms with Crippen LogP contribution in [-0.2, 0) is 0 Å². The molecule has 0 radical (unpaired) electrons. The first kappa shape index (κ1) is 10.9. The van der Waals surface area contributed by atoms with Gasteiger partial charge in [-0.3, -0.25) is 0 Å². The highest BCUT2D eigenvalue weighted by atomic mass is 15.0. The first-order chi connectivity index (χ1) is 8.56. The third kappa shape index (κ3) is 1.49. The lowest BCUT2D eigenvalue weighted by molar-refractivity contribution is 1.08. The number of rotatable bonds is 0. The van der Waals surface area contributed by atoms with E-state index in [0.717, 1.165) is 21.9 Å². The van der Waals surface area contributed by atoms with E-state index in [1.165, 1.54) is 5.56 Å². The monoisotopic (exact) mass is 238 g/mol. The number of aryl methyl sites for hydroxylation is 3. The minimum absolute atomic E-state index is 0.493. The summed E-state index contributed by atoms with van der Waals surface area (Å²) in [5.74, 6) is 1.14. The molecule has 0 bridgehead atoms. The van der Waals surface area contributed by atoms with Gasteiger partial charge in [0, 0.05) is 5.39 Å². The molecule has 1 aromatic carbocycles. The summed E-state index contributed by atoms with van der Waals surface area (Å²) in [6.07, 6.45) is 0. The Balaban J connectivity index is 2.55. The maximum atomic E-state index is 5.95.